The molecule has 5 heteroatoms. The van der Waals surface area contributed by atoms with E-state index < -0.39 is 11.6 Å². The van der Waals surface area contributed by atoms with Gasteiger partial charge in [-0.2, -0.15) is 0 Å². The molecule has 1 aliphatic heterocycles. The number of piperazine rings is 1. The Labute approximate surface area is 118 Å². The summed E-state index contributed by atoms with van der Waals surface area (Å²) >= 11 is 0. The number of hydrogen-bond donors (Lipinski definition) is 1. The van der Waals surface area contributed by atoms with Crippen LogP contribution >= 0.6 is 0 Å². The number of carbonyl (C=O) groups excluding carboxylic acids is 2. The van der Waals surface area contributed by atoms with E-state index in [0.29, 0.717) is 5.69 Å². The van der Waals surface area contributed by atoms with Gasteiger partial charge < -0.3 is 5.32 Å². The van der Waals surface area contributed by atoms with Crippen LogP contribution < -0.4 is 10.2 Å². The van der Waals surface area contributed by atoms with E-state index in [1.165, 1.54) is 0 Å². The lowest BCUT2D eigenvalue weighted by molar-refractivity contribution is -0.137. The van der Waals surface area contributed by atoms with Crippen LogP contribution in [0.15, 0.2) is 18.5 Å². The second-order valence-corrected chi connectivity index (χ2v) is 5.85. The van der Waals surface area contributed by atoms with Crippen LogP contribution in [0.2, 0.25) is 0 Å². The molecule has 5 nitrogen and oxygen atoms in total. The van der Waals surface area contributed by atoms with Crippen LogP contribution in [0, 0.1) is 6.92 Å². The van der Waals surface area contributed by atoms with Crippen LogP contribution in [0.25, 0.3) is 0 Å². The molecule has 1 saturated heterocycles. The summed E-state index contributed by atoms with van der Waals surface area (Å²) in [7, 11) is 0. The van der Waals surface area contributed by atoms with Gasteiger partial charge in [0.15, 0.2) is 0 Å². The van der Waals surface area contributed by atoms with Crippen LogP contribution in [0.3, 0.4) is 0 Å². The quantitative estimate of drug-likeness (QED) is 0.844. The van der Waals surface area contributed by atoms with E-state index in [4.69, 9.17) is 0 Å². The minimum atomic E-state index is -0.687. The maximum atomic E-state index is 12.9. The van der Waals surface area contributed by atoms with Crippen molar-refractivity contribution in [3.8, 4) is 0 Å². The zero-order chi connectivity index (χ0) is 14.3. The van der Waals surface area contributed by atoms with E-state index in [1.54, 1.807) is 24.2 Å². The summed E-state index contributed by atoms with van der Waals surface area (Å²) in [5.41, 5.74) is 1.01. The molecule has 1 N–H and O–H groups in total. The van der Waals surface area contributed by atoms with Crippen molar-refractivity contribution < 1.29 is 9.59 Å². The standard InChI is InChI=1S/C15H19N3O2/c1-10-7-12(9-16-8-10)18-11(2)13(19)17-15(14(18)20)5-3-4-6-15/h7-9,11H,3-6H2,1-2H3,(H,17,19). The first-order chi connectivity index (χ1) is 9.53. The normalized spacial score (nSPS) is 25.1. The Hall–Kier alpha value is -1.91. The average molecular weight is 273 g/mol. The van der Waals surface area contributed by atoms with E-state index in [9.17, 15) is 9.59 Å². The van der Waals surface area contributed by atoms with E-state index in [1.807, 2.05) is 13.0 Å². The van der Waals surface area contributed by atoms with Gasteiger partial charge in [-0.25, -0.2) is 0 Å². The Kier molecular flexibility index (Phi) is 3.00. The van der Waals surface area contributed by atoms with Gasteiger partial charge in [0.2, 0.25) is 5.91 Å². The molecule has 2 aliphatic rings. The molecule has 1 atom stereocenters. The number of nitrogens with zero attached hydrogens (tertiary/aromatic N) is 2. The van der Waals surface area contributed by atoms with Crippen molar-refractivity contribution in [3.05, 3.63) is 24.0 Å². The molecule has 3 rings (SSSR count). The summed E-state index contributed by atoms with van der Waals surface area (Å²) in [6.45, 7) is 3.69. The highest BCUT2D eigenvalue weighted by molar-refractivity contribution is 6.10. The zero-order valence-electron chi connectivity index (χ0n) is 11.8. The molecule has 1 aliphatic carbocycles. The topological polar surface area (TPSA) is 62.3 Å². The van der Waals surface area contributed by atoms with Crippen LogP contribution in [-0.4, -0.2) is 28.4 Å². The number of anilines is 1. The molecule has 2 fully saturated rings. The molecule has 0 aromatic carbocycles. The highest BCUT2D eigenvalue weighted by Crippen LogP contribution is 2.36. The van der Waals surface area contributed by atoms with Gasteiger partial charge in [-0.3, -0.25) is 19.5 Å². The Morgan fingerprint density at radius 1 is 1.30 bits per heavy atom. The zero-order valence-corrected chi connectivity index (χ0v) is 11.8. The van der Waals surface area contributed by atoms with Crippen molar-refractivity contribution in [2.24, 2.45) is 0 Å². The molecule has 1 spiro atoms. The molecule has 106 valence electrons. The molecule has 0 radical (unpaired) electrons. The van der Waals surface area contributed by atoms with Gasteiger partial charge >= 0.3 is 0 Å². The first-order valence-corrected chi connectivity index (χ1v) is 7.11. The van der Waals surface area contributed by atoms with Gasteiger partial charge in [0.05, 0.1) is 11.9 Å². The average Bonchev–Trinajstić information content (AvgIpc) is 2.87. The molecule has 20 heavy (non-hydrogen) atoms. The number of amides is 2. The fourth-order valence-electron chi connectivity index (χ4n) is 3.25. The number of aryl methyl sites for hydroxylation is 1. The van der Waals surface area contributed by atoms with Crippen LogP contribution in [0.1, 0.15) is 38.2 Å². The van der Waals surface area contributed by atoms with Gasteiger partial charge in [-0.15, -0.1) is 0 Å². The maximum absolute atomic E-state index is 12.9. The van der Waals surface area contributed by atoms with Crippen LogP contribution in [0.4, 0.5) is 5.69 Å². The van der Waals surface area contributed by atoms with Crippen molar-refractivity contribution in [2.45, 2.75) is 51.1 Å². The van der Waals surface area contributed by atoms with Crippen molar-refractivity contribution >= 4 is 17.5 Å². The van der Waals surface area contributed by atoms with Crippen molar-refractivity contribution in [1.29, 1.82) is 0 Å². The Bertz CT molecular complexity index is 564. The largest absolute Gasteiger partial charge is 0.340 e. The fraction of sp³-hybridized carbons (Fsp3) is 0.533. The summed E-state index contributed by atoms with van der Waals surface area (Å²) in [6.07, 6.45) is 6.84. The van der Waals surface area contributed by atoms with Gasteiger partial charge in [0, 0.05) is 6.20 Å². The molecule has 1 aromatic heterocycles. The second-order valence-electron chi connectivity index (χ2n) is 5.85. The number of aromatic nitrogens is 1. The molecule has 0 bridgehead atoms. The number of nitrogens with one attached hydrogen (secondary N) is 1. The lowest BCUT2D eigenvalue weighted by atomic mass is 9.90. The summed E-state index contributed by atoms with van der Waals surface area (Å²) in [4.78, 5) is 30.9. The van der Waals surface area contributed by atoms with Gasteiger partial charge in [0.25, 0.3) is 5.91 Å². The minimum absolute atomic E-state index is 0.00880. The summed E-state index contributed by atoms with van der Waals surface area (Å²) < 4.78 is 0. The van der Waals surface area contributed by atoms with E-state index in [-0.39, 0.29) is 11.8 Å². The van der Waals surface area contributed by atoms with E-state index in [0.717, 1.165) is 31.2 Å². The predicted molar refractivity (Wildman–Crippen MR) is 75.3 cm³/mol. The number of carbonyl (C=O) groups is 2. The monoisotopic (exact) mass is 273 g/mol. The van der Waals surface area contributed by atoms with Crippen molar-refractivity contribution in [2.75, 3.05) is 4.90 Å². The van der Waals surface area contributed by atoms with Crippen molar-refractivity contribution in [1.82, 2.24) is 10.3 Å². The first-order valence-electron chi connectivity index (χ1n) is 7.11. The Morgan fingerprint density at radius 2 is 2.00 bits per heavy atom. The lowest BCUT2D eigenvalue weighted by Gasteiger charge is -2.43. The molecular weight excluding hydrogens is 254 g/mol. The van der Waals surface area contributed by atoms with E-state index >= 15 is 0 Å². The molecular formula is C15H19N3O2. The van der Waals surface area contributed by atoms with Gasteiger partial charge in [0.1, 0.15) is 11.6 Å². The Balaban J connectivity index is 2.03. The maximum Gasteiger partial charge on any atom is 0.253 e. The third kappa shape index (κ3) is 1.88. The Morgan fingerprint density at radius 3 is 2.65 bits per heavy atom. The fourth-order valence-corrected chi connectivity index (χ4v) is 3.25. The predicted octanol–water partition coefficient (Wildman–Crippen LogP) is 1.55. The summed E-state index contributed by atoms with van der Waals surface area (Å²) in [5.74, 6) is -0.0671. The summed E-state index contributed by atoms with van der Waals surface area (Å²) in [6, 6.07) is 1.42. The SMILES string of the molecule is Cc1cncc(N2C(=O)C3(CCCC3)NC(=O)C2C)c1. The number of hydrogen-bond acceptors (Lipinski definition) is 3. The molecule has 2 amide bonds. The summed E-state index contributed by atoms with van der Waals surface area (Å²) in [5, 5.41) is 2.96. The molecule has 1 saturated carbocycles. The third-order valence-corrected chi connectivity index (χ3v) is 4.35. The molecule has 1 aromatic rings. The lowest BCUT2D eigenvalue weighted by Crippen LogP contribution is -2.69. The first kappa shape index (κ1) is 13.1. The molecule has 2 heterocycles. The minimum Gasteiger partial charge on any atom is -0.340 e. The smallest absolute Gasteiger partial charge is 0.253 e. The highest BCUT2D eigenvalue weighted by Gasteiger charge is 2.51. The second kappa shape index (κ2) is 4.58. The highest BCUT2D eigenvalue weighted by atomic mass is 16.2. The van der Waals surface area contributed by atoms with Crippen LogP contribution in [0.5, 0.6) is 0 Å². The van der Waals surface area contributed by atoms with Crippen molar-refractivity contribution in [3.63, 3.8) is 0 Å². The van der Waals surface area contributed by atoms with E-state index in [2.05, 4.69) is 10.3 Å². The van der Waals surface area contributed by atoms with Gasteiger partial charge in [-0.1, -0.05) is 12.8 Å². The number of rotatable bonds is 1. The van der Waals surface area contributed by atoms with Crippen LogP contribution in [-0.2, 0) is 9.59 Å². The van der Waals surface area contributed by atoms with Gasteiger partial charge in [-0.05, 0) is 38.3 Å². The third-order valence-electron chi connectivity index (χ3n) is 4.35. The molecule has 1 unspecified atom stereocenters. The number of pyridine rings is 1.